The summed E-state index contributed by atoms with van der Waals surface area (Å²) >= 11 is 0. The summed E-state index contributed by atoms with van der Waals surface area (Å²) in [5.41, 5.74) is 1.02. The van der Waals surface area contributed by atoms with E-state index in [0.29, 0.717) is 30.0 Å². The molecule has 0 radical (unpaired) electrons. The van der Waals surface area contributed by atoms with Crippen molar-refractivity contribution < 1.29 is 14.6 Å². The standard InChI is InChI=1S/C12H16N4O3/c1-7-9(5-13)11(15(2)14-7)16-6-8(19-3)4-10(16)12(17)18/h8,10H,4,6H2,1-3H3,(H,17,18). The van der Waals surface area contributed by atoms with Crippen LogP contribution in [0.1, 0.15) is 17.7 Å². The third-order valence-corrected chi connectivity index (χ3v) is 3.46. The number of aromatic nitrogens is 2. The highest BCUT2D eigenvalue weighted by Crippen LogP contribution is 2.30. The zero-order valence-electron chi connectivity index (χ0n) is 11.1. The summed E-state index contributed by atoms with van der Waals surface area (Å²) in [6.07, 6.45) is 0.254. The van der Waals surface area contributed by atoms with Gasteiger partial charge in [0, 0.05) is 27.1 Å². The first kappa shape index (κ1) is 13.4. The van der Waals surface area contributed by atoms with Gasteiger partial charge in [-0.1, -0.05) is 0 Å². The summed E-state index contributed by atoms with van der Waals surface area (Å²) in [6.45, 7) is 2.18. The molecule has 1 aromatic heterocycles. The number of ether oxygens (including phenoxy) is 1. The summed E-state index contributed by atoms with van der Waals surface area (Å²) < 4.78 is 6.80. The normalized spacial score (nSPS) is 22.5. The number of hydrogen-bond donors (Lipinski definition) is 1. The highest BCUT2D eigenvalue weighted by atomic mass is 16.5. The van der Waals surface area contributed by atoms with Gasteiger partial charge in [0.25, 0.3) is 0 Å². The Morgan fingerprint density at radius 3 is 2.84 bits per heavy atom. The summed E-state index contributed by atoms with van der Waals surface area (Å²) in [5.74, 6) is -0.366. The van der Waals surface area contributed by atoms with Gasteiger partial charge < -0.3 is 14.7 Å². The van der Waals surface area contributed by atoms with Crippen LogP contribution in [-0.2, 0) is 16.6 Å². The molecular formula is C12H16N4O3. The molecule has 2 unspecified atom stereocenters. The van der Waals surface area contributed by atoms with Gasteiger partial charge in [-0.25, -0.2) is 4.79 Å². The van der Waals surface area contributed by atoms with Crippen molar-refractivity contribution in [2.45, 2.75) is 25.5 Å². The van der Waals surface area contributed by atoms with E-state index in [4.69, 9.17) is 4.74 Å². The van der Waals surface area contributed by atoms with E-state index in [0.717, 1.165) is 0 Å². The van der Waals surface area contributed by atoms with Crippen molar-refractivity contribution in [3.05, 3.63) is 11.3 Å². The third-order valence-electron chi connectivity index (χ3n) is 3.46. The molecule has 2 rings (SSSR count). The van der Waals surface area contributed by atoms with E-state index >= 15 is 0 Å². The molecule has 1 aliphatic heterocycles. The Balaban J connectivity index is 2.45. The second-order valence-electron chi connectivity index (χ2n) is 4.62. The van der Waals surface area contributed by atoms with Crippen LogP contribution >= 0.6 is 0 Å². The first-order chi connectivity index (χ1) is 8.99. The third kappa shape index (κ3) is 2.15. The molecule has 7 nitrogen and oxygen atoms in total. The van der Waals surface area contributed by atoms with Crippen LogP contribution < -0.4 is 4.90 Å². The van der Waals surface area contributed by atoms with Gasteiger partial charge in [0.1, 0.15) is 23.5 Å². The molecule has 0 spiro atoms. The van der Waals surface area contributed by atoms with E-state index in [9.17, 15) is 15.2 Å². The van der Waals surface area contributed by atoms with Crippen molar-refractivity contribution >= 4 is 11.8 Å². The number of nitrogens with zero attached hydrogens (tertiary/aromatic N) is 4. The van der Waals surface area contributed by atoms with E-state index in [1.807, 2.05) is 0 Å². The maximum Gasteiger partial charge on any atom is 0.326 e. The fraction of sp³-hybridized carbons (Fsp3) is 0.583. The van der Waals surface area contributed by atoms with E-state index in [1.54, 1.807) is 30.7 Å². The molecule has 7 heteroatoms. The molecule has 0 bridgehead atoms. The Morgan fingerprint density at radius 1 is 1.63 bits per heavy atom. The molecule has 102 valence electrons. The quantitative estimate of drug-likeness (QED) is 0.843. The Labute approximate surface area is 111 Å². The number of hydrogen-bond acceptors (Lipinski definition) is 5. The number of rotatable bonds is 3. The van der Waals surface area contributed by atoms with Crippen molar-refractivity contribution in [1.82, 2.24) is 9.78 Å². The first-order valence-corrected chi connectivity index (χ1v) is 5.95. The minimum atomic E-state index is -0.915. The molecular weight excluding hydrogens is 248 g/mol. The van der Waals surface area contributed by atoms with Crippen molar-refractivity contribution in [3.63, 3.8) is 0 Å². The molecule has 1 saturated heterocycles. The van der Waals surface area contributed by atoms with Crippen LogP contribution in [0, 0.1) is 18.3 Å². The Hall–Kier alpha value is -2.07. The second kappa shape index (κ2) is 4.90. The topological polar surface area (TPSA) is 91.4 Å². The first-order valence-electron chi connectivity index (χ1n) is 5.95. The summed E-state index contributed by atoms with van der Waals surface area (Å²) in [6, 6.07) is 1.41. The predicted octanol–water partition coefficient (Wildman–Crippen LogP) is 0.278. The van der Waals surface area contributed by atoms with Crippen molar-refractivity contribution in [2.24, 2.45) is 7.05 Å². The van der Waals surface area contributed by atoms with Gasteiger partial charge in [-0.05, 0) is 6.92 Å². The molecule has 1 aliphatic rings. The molecule has 0 saturated carbocycles. The lowest BCUT2D eigenvalue weighted by Crippen LogP contribution is -2.37. The van der Waals surface area contributed by atoms with Crippen molar-refractivity contribution in [2.75, 3.05) is 18.6 Å². The monoisotopic (exact) mass is 264 g/mol. The van der Waals surface area contributed by atoms with Gasteiger partial charge in [0.15, 0.2) is 0 Å². The molecule has 1 N–H and O–H groups in total. The van der Waals surface area contributed by atoms with E-state index in [2.05, 4.69) is 11.2 Å². The number of carbonyl (C=O) groups is 1. The second-order valence-corrected chi connectivity index (χ2v) is 4.62. The van der Waals surface area contributed by atoms with Gasteiger partial charge in [-0.3, -0.25) is 4.68 Å². The lowest BCUT2D eigenvalue weighted by Gasteiger charge is -2.23. The zero-order chi connectivity index (χ0) is 14.2. The van der Waals surface area contributed by atoms with Crippen LogP contribution in [0.25, 0.3) is 0 Å². The van der Waals surface area contributed by atoms with E-state index in [-0.39, 0.29) is 6.10 Å². The molecule has 0 aromatic carbocycles. The van der Waals surface area contributed by atoms with Crippen LogP contribution in [-0.4, -0.2) is 46.7 Å². The van der Waals surface area contributed by atoms with Gasteiger partial charge in [0.2, 0.25) is 0 Å². The minimum absolute atomic E-state index is 0.150. The number of anilines is 1. The highest BCUT2D eigenvalue weighted by molar-refractivity contribution is 5.79. The van der Waals surface area contributed by atoms with Gasteiger partial charge in [0.05, 0.1) is 11.8 Å². The van der Waals surface area contributed by atoms with Crippen LogP contribution in [0.5, 0.6) is 0 Å². The maximum absolute atomic E-state index is 11.4. The average molecular weight is 264 g/mol. The number of aliphatic carboxylic acids is 1. The van der Waals surface area contributed by atoms with Crippen LogP contribution in [0.3, 0.4) is 0 Å². The minimum Gasteiger partial charge on any atom is -0.480 e. The van der Waals surface area contributed by atoms with Gasteiger partial charge in [-0.2, -0.15) is 10.4 Å². The predicted molar refractivity (Wildman–Crippen MR) is 66.8 cm³/mol. The lowest BCUT2D eigenvalue weighted by atomic mass is 10.2. The number of methoxy groups -OCH3 is 1. The van der Waals surface area contributed by atoms with Crippen molar-refractivity contribution in [1.29, 1.82) is 5.26 Å². The summed E-state index contributed by atoms with van der Waals surface area (Å²) in [7, 11) is 3.27. The number of carboxylic acids is 1. The Kier molecular flexibility index (Phi) is 3.44. The smallest absolute Gasteiger partial charge is 0.326 e. The van der Waals surface area contributed by atoms with Crippen LogP contribution in [0.4, 0.5) is 5.82 Å². The fourth-order valence-electron chi connectivity index (χ4n) is 2.54. The molecule has 2 atom stereocenters. The van der Waals surface area contributed by atoms with Crippen LogP contribution in [0.15, 0.2) is 0 Å². The Bertz CT molecular complexity index is 546. The highest BCUT2D eigenvalue weighted by Gasteiger charge is 2.39. The maximum atomic E-state index is 11.4. The molecule has 0 aliphatic carbocycles. The van der Waals surface area contributed by atoms with E-state index in [1.165, 1.54) is 0 Å². The average Bonchev–Trinajstić information content (AvgIpc) is 2.89. The fourth-order valence-corrected chi connectivity index (χ4v) is 2.54. The number of nitriles is 1. The SMILES string of the molecule is COC1CC(C(=O)O)N(c2c(C#N)c(C)nn2C)C1. The molecule has 1 aromatic rings. The largest absolute Gasteiger partial charge is 0.480 e. The van der Waals surface area contributed by atoms with Gasteiger partial charge in [-0.15, -0.1) is 0 Å². The molecule has 0 amide bonds. The molecule has 2 heterocycles. The zero-order valence-corrected chi connectivity index (χ0v) is 11.1. The molecule has 19 heavy (non-hydrogen) atoms. The number of carboxylic acid groups (broad SMARTS) is 1. The molecule has 1 fully saturated rings. The van der Waals surface area contributed by atoms with Crippen LogP contribution in [0.2, 0.25) is 0 Å². The Morgan fingerprint density at radius 2 is 2.32 bits per heavy atom. The summed E-state index contributed by atoms with van der Waals surface area (Å²) in [4.78, 5) is 13.0. The number of aryl methyl sites for hydroxylation is 2. The van der Waals surface area contributed by atoms with Gasteiger partial charge >= 0.3 is 5.97 Å². The van der Waals surface area contributed by atoms with E-state index < -0.39 is 12.0 Å². The van der Waals surface area contributed by atoms with Crippen molar-refractivity contribution in [3.8, 4) is 6.07 Å². The lowest BCUT2D eigenvalue weighted by molar-refractivity contribution is -0.138. The summed E-state index contributed by atoms with van der Waals surface area (Å²) in [5, 5.41) is 22.7.